The highest BCUT2D eigenvalue weighted by atomic mass is 32.2. The van der Waals surface area contributed by atoms with Crippen molar-refractivity contribution in [1.29, 1.82) is 5.41 Å². The molecule has 176 valence electrons. The summed E-state index contributed by atoms with van der Waals surface area (Å²) in [6.45, 7) is 4.72. The monoisotopic (exact) mass is 488 g/mol. The molecule has 0 aliphatic carbocycles. The number of rotatable bonds is 6. The zero-order valence-electron chi connectivity index (χ0n) is 18.1. The van der Waals surface area contributed by atoms with E-state index < -0.39 is 23.0 Å². The van der Waals surface area contributed by atoms with Gasteiger partial charge in [0.25, 0.3) is 5.91 Å². The van der Waals surface area contributed by atoms with Gasteiger partial charge in [0, 0.05) is 0 Å². The van der Waals surface area contributed by atoms with Crippen LogP contribution in [0.4, 0.5) is 13.2 Å². The van der Waals surface area contributed by atoms with Crippen molar-refractivity contribution in [2.75, 3.05) is 13.2 Å². The van der Waals surface area contributed by atoms with Crippen LogP contribution in [0.1, 0.15) is 16.7 Å². The Morgan fingerprint density at radius 1 is 1.03 bits per heavy atom. The van der Waals surface area contributed by atoms with Crippen LogP contribution in [-0.2, 0) is 4.79 Å². The first kappa shape index (κ1) is 23.6. The smallest absolute Gasteiger partial charge is 0.441 e. The third-order valence-corrected chi connectivity index (χ3v) is 5.94. The van der Waals surface area contributed by atoms with Gasteiger partial charge < -0.3 is 9.47 Å². The van der Waals surface area contributed by atoms with Crippen LogP contribution in [0.25, 0.3) is 6.08 Å². The first-order valence-corrected chi connectivity index (χ1v) is 10.9. The van der Waals surface area contributed by atoms with Crippen molar-refractivity contribution < 1.29 is 27.4 Å². The third-order valence-electron chi connectivity index (χ3n) is 4.99. The lowest BCUT2D eigenvalue weighted by Gasteiger charge is -2.20. The molecule has 0 saturated carbocycles. The van der Waals surface area contributed by atoms with Crippen molar-refractivity contribution >= 4 is 39.8 Å². The molecule has 0 fully saturated rings. The molecule has 0 unspecified atom stereocenters. The minimum Gasteiger partial charge on any atom is -0.490 e. The van der Waals surface area contributed by atoms with Crippen LogP contribution in [-0.4, -0.2) is 46.4 Å². The van der Waals surface area contributed by atoms with E-state index in [9.17, 15) is 18.0 Å². The molecule has 4 rings (SSSR count). The molecule has 34 heavy (non-hydrogen) atoms. The molecular weight excluding hydrogens is 469 g/mol. The summed E-state index contributed by atoms with van der Waals surface area (Å²) in [5.74, 6) is 0.0745. The van der Waals surface area contributed by atoms with Crippen LogP contribution in [0, 0.1) is 19.3 Å². The summed E-state index contributed by atoms with van der Waals surface area (Å²) >= 11 is 0.214. The number of hydrogen-bond donors (Lipinski definition) is 1. The number of hydrazone groups is 1. The minimum absolute atomic E-state index is 0.160. The topological polar surface area (TPSA) is 87.3 Å². The van der Waals surface area contributed by atoms with E-state index in [-0.39, 0.29) is 22.5 Å². The van der Waals surface area contributed by atoms with Crippen molar-refractivity contribution in [2.45, 2.75) is 20.0 Å². The number of amidine groups is 2. The van der Waals surface area contributed by atoms with Gasteiger partial charge in [-0.1, -0.05) is 18.2 Å². The number of aryl methyl sites for hydroxylation is 2. The van der Waals surface area contributed by atoms with Crippen LogP contribution in [0.15, 0.2) is 58.1 Å². The summed E-state index contributed by atoms with van der Waals surface area (Å²) in [7, 11) is 0. The van der Waals surface area contributed by atoms with Crippen LogP contribution < -0.4 is 9.47 Å². The Hall–Kier alpha value is -3.60. The van der Waals surface area contributed by atoms with E-state index in [1.165, 1.54) is 11.6 Å². The fourth-order valence-corrected chi connectivity index (χ4v) is 3.81. The highest BCUT2D eigenvalue weighted by Crippen LogP contribution is 2.35. The van der Waals surface area contributed by atoms with Gasteiger partial charge in [0.05, 0.1) is 5.57 Å². The second kappa shape index (κ2) is 9.34. The van der Waals surface area contributed by atoms with Gasteiger partial charge in [-0.05, 0) is 72.6 Å². The lowest BCUT2D eigenvalue weighted by atomic mass is 10.1. The number of carbonyl (C=O) groups is 1. The van der Waals surface area contributed by atoms with Crippen molar-refractivity contribution in [3.63, 3.8) is 0 Å². The standard InChI is InChI=1S/C23H19F3N4O3S/c1-13-3-6-17(11-14(13)2)33-10-9-32-16-7-4-15(5-8-16)12-18-19(27)30-22(28-20(18)31)34-21(29-30)23(24,25)26/h3-8,11-12,27H,9-10H2,1-2H3/b18-12-,27-19?. The van der Waals surface area contributed by atoms with Crippen molar-refractivity contribution in [3.8, 4) is 11.5 Å². The molecule has 2 aliphatic heterocycles. The second-order valence-electron chi connectivity index (χ2n) is 7.43. The van der Waals surface area contributed by atoms with Crippen molar-refractivity contribution in [2.24, 2.45) is 10.1 Å². The summed E-state index contributed by atoms with van der Waals surface area (Å²) in [5.41, 5.74) is 2.73. The molecule has 11 heteroatoms. The average molecular weight is 488 g/mol. The lowest BCUT2D eigenvalue weighted by Crippen LogP contribution is -2.35. The number of aliphatic imine (C=N–C) groups is 1. The highest BCUT2D eigenvalue weighted by Gasteiger charge is 2.46. The van der Waals surface area contributed by atoms with Gasteiger partial charge in [-0.2, -0.15) is 28.3 Å². The molecule has 0 spiro atoms. The number of hydrogen-bond acceptors (Lipinski definition) is 6. The van der Waals surface area contributed by atoms with Gasteiger partial charge in [-0.25, -0.2) is 0 Å². The molecule has 1 amide bonds. The number of halogens is 3. The Balaban J connectivity index is 1.37. The summed E-state index contributed by atoms with van der Waals surface area (Å²) in [4.78, 5) is 15.9. The maximum atomic E-state index is 12.9. The van der Waals surface area contributed by atoms with Gasteiger partial charge in [-0.3, -0.25) is 10.2 Å². The van der Waals surface area contributed by atoms with E-state index in [4.69, 9.17) is 14.9 Å². The number of alkyl halides is 3. The molecule has 0 bridgehead atoms. The molecule has 7 nitrogen and oxygen atoms in total. The van der Waals surface area contributed by atoms with Crippen molar-refractivity contribution in [1.82, 2.24) is 5.01 Å². The number of thioether (sulfide) groups is 1. The predicted molar refractivity (Wildman–Crippen MR) is 124 cm³/mol. The van der Waals surface area contributed by atoms with E-state index in [1.54, 1.807) is 24.3 Å². The molecule has 1 N–H and O–H groups in total. The number of fused-ring (bicyclic) bond motifs is 1. The summed E-state index contributed by atoms with van der Waals surface area (Å²) < 4.78 is 50.1. The van der Waals surface area contributed by atoms with Crippen molar-refractivity contribution in [3.05, 3.63) is 64.7 Å². The quantitative estimate of drug-likeness (QED) is 0.460. The molecule has 0 saturated heterocycles. The Labute approximate surface area is 197 Å². The number of benzene rings is 2. The molecule has 2 heterocycles. The second-order valence-corrected chi connectivity index (χ2v) is 8.39. The maximum absolute atomic E-state index is 12.9. The Kier molecular flexibility index (Phi) is 6.47. The lowest BCUT2D eigenvalue weighted by molar-refractivity contribution is -0.114. The van der Waals surface area contributed by atoms with Crippen LogP contribution in [0.3, 0.4) is 0 Å². The fraction of sp³-hybridized carbons (Fsp3) is 0.217. The van der Waals surface area contributed by atoms with E-state index in [0.29, 0.717) is 29.5 Å². The fourth-order valence-electron chi connectivity index (χ4n) is 3.06. The van der Waals surface area contributed by atoms with E-state index in [1.807, 2.05) is 32.0 Å². The molecule has 2 aromatic rings. The van der Waals surface area contributed by atoms with Gasteiger partial charge in [0.1, 0.15) is 24.7 Å². The highest BCUT2D eigenvalue weighted by molar-refractivity contribution is 8.27. The van der Waals surface area contributed by atoms with Crippen LogP contribution in [0.5, 0.6) is 11.5 Å². The summed E-state index contributed by atoms with van der Waals surface area (Å²) in [6, 6.07) is 12.5. The number of nitrogens with one attached hydrogen (secondary N) is 1. The number of amides is 1. The van der Waals surface area contributed by atoms with Gasteiger partial charge in [0.2, 0.25) is 10.2 Å². The van der Waals surface area contributed by atoms with E-state index in [2.05, 4.69) is 10.1 Å². The zero-order chi connectivity index (χ0) is 24.5. The van der Waals surface area contributed by atoms with Gasteiger partial charge >= 0.3 is 6.18 Å². The Morgan fingerprint density at radius 2 is 1.68 bits per heavy atom. The molecule has 0 aromatic heterocycles. The average Bonchev–Trinajstić information content (AvgIpc) is 3.22. The maximum Gasteiger partial charge on any atom is 0.441 e. The molecular formula is C23H19F3N4O3S. The molecule has 2 aromatic carbocycles. The van der Waals surface area contributed by atoms with E-state index >= 15 is 0 Å². The number of nitrogens with zero attached hydrogens (tertiary/aromatic N) is 3. The van der Waals surface area contributed by atoms with Crippen LogP contribution >= 0.6 is 11.8 Å². The van der Waals surface area contributed by atoms with Gasteiger partial charge in [-0.15, -0.1) is 0 Å². The van der Waals surface area contributed by atoms with Crippen LogP contribution in [0.2, 0.25) is 0 Å². The Morgan fingerprint density at radius 3 is 2.32 bits per heavy atom. The summed E-state index contributed by atoms with van der Waals surface area (Å²) in [5, 5.41) is 10.8. The Bertz CT molecular complexity index is 1240. The predicted octanol–water partition coefficient (Wildman–Crippen LogP) is 4.94. The first-order valence-electron chi connectivity index (χ1n) is 10.1. The minimum atomic E-state index is -4.68. The molecule has 0 atom stereocenters. The van der Waals surface area contributed by atoms with Gasteiger partial charge in [0.15, 0.2) is 5.84 Å². The number of ether oxygens (including phenoxy) is 2. The van der Waals surface area contributed by atoms with E-state index in [0.717, 1.165) is 11.3 Å². The summed E-state index contributed by atoms with van der Waals surface area (Å²) in [6.07, 6.45) is -3.30. The SMILES string of the molecule is Cc1ccc(OCCOc2ccc(/C=C3/C(=N)N4N=C(C(F)(F)F)SC4=NC3=O)cc2)cc1C. The third kappa shape index (κ3) is 5.14. The largest absolute Gasteiger partial charge is 0.490 e. The zero-order valence-corrected chi connectivity index (χ0v) is 19.0. The first-order chi connectivity index (χ1) is 16.1. The number of carbonyl (C=O) groups excluding carboxylic acids is 1. The molecule has 0 radical (unpaired) electrons. The normalized spacial score (nSPS) is 17.0. The molecule has 2 aliphatic rings.